The van der Waals surface area contributed by atoms with E-state index in [1.165, 1.54) is 5.69 Å². The van der Waals surface area contributed by atoms with E-state index in [0.717, 1.165) is 19.6 Å². The smallest absolute Gasteiger partial charge is 0.246 e. The third kappa shape index (κ3) is 2.76. The number of morpholine rings is 1. The lowest BCUT2D eigenvalue weighted by Gasteiger charge is -2.35. The van der Waals surface area contributed by atoms with Crippen molar-refractivity contribution in [2.45, 2.75) is 32.6 Å². The first-order chi connectivity index (χ1) is 9.61. The molecular formula is C14H20N4O2. The lowest BCUT2D eigenvalue weighted by Crippen LogP contribution is -2.42. The Morgan fingerprint density at radius 2 is 2.20 bits per heavy atom. The van der Waals surface area contributed by atoms with Gasteiger partial charge in [-0.15, -0.1) is 10.2 Å². The van der Waals surface area contributed by atoms with Crippen LogP contribution in [0.15, 0.2) is 22.7 Å². The SMILES string of the molecule is Cc1nnc([C@H]2CN(Cc3cccn3C)C[C@@H](C)O2)o1. The molecule has 0 bridgehead atoms. The molecule has 2 aromatic rings. The molecule has 1 saturated heterocycles. The molecule has 6 heteroatoms. The quantitative estimate of drug-likeness (QED) is 0.853. The highest BCUT2D eigenvalue weighted by Gasteiger charge is 2.30. The van der Waals surface area contributed by atoms with Gasteiger partial charge in [-0.25, -0.2) is 0 Å². The largest absolute Gasteiger partial charge is 0.423 e. The van der Waals surface area contributed by atoms with Crippen molar-refractivity contribution in [1.29, 1.82) is 0 Å². The summed E-state index contributed by atoms with van der Waals surface area (Å²) in [6.07, 6.45) is 2.08. The molecule has 0 unspecified atom stereocenters. The fourth-order valence-electron chi connectivity index (χ4n) is 2.64. The van der Waals surface area contributed by atoms with Crippen molar-refractivity contribution in [3.63, 3.8) is 0 Å². The van der Waals surface area contributed by atoms with Gasteiger partial charge in [0.15, 0.2) is 0 Å². The van der Waals surface area contributed by atoms with E-state index in [9.17, 15) is 0 Å². The molecule has 0 saturated carbocycles. The monoisotopic (exact) mass is 276 g/mol. The molecule has 1 aliphatic heterocycles. The number of hydrogen-bond acceptors (Lipinski definition) is 5. The molecule has 6 nitrogen and oxygen atoms in total. The van der Waals surface area contributed by atoms with E-state index in [0.29, 0.717) is 11.8 Å². The van der Waals surface area contributed by atoms with E-state index in [1.807, 2.05) is 0 Å². The summed E-state index contributed by atoms with van der Waals surface area (Å²) in [4.78, 5) is 2.37. The average Bonchev–Trinajstić information content (AvgIpc) is 2.99. The standard InChI is InChI=1S/C14H20N4O2/c1-10-7-18(8-12-5-4-6-17(12)3)9-13(19-10)14-16-15-11(2)20-14/h4-6,10,13H,7-9H2,1-3H3/t10-,13-/m1/s1. The van der Waals surface area contributed by atoms with Crippen LogP contribution in [0, 0.1) is 6.92 Å². The van der Waals surface area contributed by atoms with Crippen LogP contribution in [0.1, 0.15) is 30.5 Å². The van der Waals surface area contributed by atoms with Crippen molar-refractivity contribution < 1.29 is 9.15 Å². The predicted octanol–water partition coefficient (Wildman–Crippen LogP) is 1.68. The lowest BCUT2D eigenvalue weighted by atomic mass is 10.2. The van der Waals surface area contributed by atoms with Crippen molar-refractivity contribution in [2.24, 2.45) is 7.05 Å². The Labute approximate surface area is 118 Å². The highest BCUT2D eigenvalue weighted by Crippen LogP contribution is 2.25. The Morgan fingerprint density at radius 3 is 2.85 bits per heavy atom. The van der Waals surface area contributed by atoms with E-state index >= 15 is 0 Å². The van der Waals surface area contributed by atoms with Crippen LogP contribution >= 0.6 is 0 Å². The molecular weight excluding hydrogens is 256 g/mol. The van der Waals surface area contributed by atoms with Gasteiger partial charge in [-0.2, -0.15) is 0 Å². The molecule has 0 amide bonds. The van der Waals surface area contributed by atoms with Crippen molar-refractivity contribution in [1.82, 2.24) is 19.7 Å². The van der Waals surface area contributed by atoms with Crippen LogP contribution in [-0.2, 0) is 18.3 Å². The molecule has 0 aromatic carbocycles. The average molecular weight is 276 g/mol. The van der Waals surface area contributed by atoms with Crippen LogP contribution in [-0.4, -0.2) is 38.9 Å². The van der Waals surface area contributed by atoms with Gasteiger partial charge in [-0.3, -0.25) is 4.90 Å². The van der Waals surface area contributed by atoms with Crippen LogP contribution in [0.5, 0.6) is 0 Å². The molecule has 2 aromatic heterocycles. The number of nitrogens with zero attached hydrogens (tertiary/aromatic N) is 4. The van der Waals surface area contributed by atoms with Gasteiger partial charge in [-0.1, -0.05) is 0 Å². The van der Waals surface area contributed by atoms with Gasteiger partial charge in [0.05, 0.1) is 6.10 Å². The minimum Gasteiger partial charge on any atom is -0.423 e. The van der Waals surface area contributed by atoms with Crippen molar-refractivity contribution in [3.05, 3.63) is 35.8 Å². The van der Waals surface area contributed by atoms with Crippen LogP contribution in [0.3, 0.4) is 0 Å². The highest BCUT2D eigenvalue weighted by atomic mass is 16.5. The van der Waals surface area contributed by atoms with Gasteiger partial charge in [-0.05, 0) is 19.1 Å². The minimum absolute atomic E-state index is 0.139. The summed E-state index contributed by atoms with van der Waals surface area (Å²) in [7, 11) is 2.07. The van der Waals surface area contributed by atoms with Crippen LogP contribution < -0.4 is 0 Å². The summed E-state index contributed by atoms with van der Waals surface area (Å²) >= 11 is 0. The zero-order chi connectivity index (χ0) is 14.1. The van der Waals surface area contributed by atoms with Crippen molar-refractivity contribution in [3.8, 4) is 0 Å². The number of ether oxygens (including phenoxy) is 1. The molecule has 1 aliphatic rings. The molecule has 0 N–H and O–H groups in total. The maximum absolute atomic E-state index is 5.92. The lowest BCUT2D eigenvalue weighted by molar-refractivity contribution is -0.0921. The van der Waals surface area contributed by atoms with Crippen LogP contribution in [0.4, 0.5) is 0 Å². The van der Waals surface area contributed by atoms with Crippen molar-refractivity contribution in [2.75, 3.05) is 13.1 Å². The topological polar surface area (TPSA) is 56.3 Å². The predicted molar refractivity (Wildman–Crippen MR) is 73.0 cm³/mol. The number of aromatic nitrogens is 3. The zero-order valence-electron chi connectivity index (χ0n) is 12.1. The summed E-state index contributed by atoms with van der Waals surface area (Å²) in [6.45, 7) is 6.46. The summed E-state index contributed by atoms with van der Waals surface area (Å²) in [6, 6.07) is 4.21. The van der Waals surface area contributed by atoms with Crippen LogP contribution in [0.25, 0.3) is 0 Å². The number of aryl methyl sites for hydroxylation is 2. The second-order valence-electron chi connectivity index (χ2n) is 5.40. The first-order valence-electron chi connectivity index (χ1n) is 6.90. The second kappa shape index (κ2) is 5.38. The molecule has 20 heavy (non-hydrogen) atoms. The Hall–Kier alpha value is -1.66. The summed E-state index contributed by atoms with van der Waals surface area (Å²) in [5.41, 5.74) is 1.29. The third-order valence-corrected chi connectivity index (χ3v) is 3.59. The summed E-state index contributed by atoms with van der Waals surface area (Å²) in [5.74, 6) is 1.15. The van der Waals surface area contributed by atoms with Crippen LogP contribution in [0.2, 0.25) is 0 Å². The summed E-state index contributed by atoms with van der Waals surface area (Å²) in [5, 5.41) is 7.96. The van der Waals surface area contributed by atoms with E-state index < -0.39 is 0 Å². The Bertz CT molecular complexity index is 577. The molecule has 1 fully saturated rings. The van der Waals surface area contributed by atoms with Gasteiger partial charge < -0.3 is 13.7 Å². The van der Waals surface area contributed by atoms with E-state index in [1.54, 1.807) is 6.92 Å². The Morgan fingerprint density at radius 1 is 1.35 bits per heavy atom. The Balaban J connectivity index is 1.71. The second-order valence-corrected chi connectivity index (χ2v) is 5.40. The van der Waals surface area contributed by atoms with E-state index in [2.05, 4.69) is 52.0 Å². The molecule has 108 valence electrons. The number of hydrogen-bond donors (Lipinski definition) is 0. The Kier molecular flexibility index (Phi) is 3.58. The van der Waals surface area contributed by atoms with Crippen molar-refractivity contribution >= 4 is 0 Å². The third-order valence-electron chi connectivity index (χ3n) is 3.59. The number of rotatable bonds is 3. The first-order valence-corrected chi connectivity index (χ1v) is 6.90. The molecule has 0 spiro atoms. The molecule has 0 aliphatic carbocycles. The minimum atomic E-state index is -0.139. The van der Waals surface area contributed by atoms with E-state index in [4.69, 9.17) is 9.15 Å². The molecule has 3 heterocycles. The highest BCUT2D eigenvalue weighted by molar-refractivity contribution is 5.06. The molecule has 0 radical (unpaired) electrons. The van der Waals surface area contributed by atoms with E-state index in [-0.39, 0.29) is 12.2 Å². The van der Waals surface area contributed by atoms with Gasteiger partial charge >= 0.3 is 0 Å². The maximum Gasteiger partial charge on any atom is 0.246 e. The zero-order valence-corrected chi connectivity index (χ0v) is 12.1. The van der Waals surface area contributed by atoms with Gasteiger partial charge in [0.1, 0.15) is 6.10 Å². The maximum atomic E-state index is 5.92. The molecule has 3 rings (SSSR count). The van der Waals surface area contributed by atoms with Gasteiger partial charge in [0.2, 0.25) is 11.8 Å². The normalized spacial score (nSPS) is 24.1. The first kappa shape index (κ1) is 13.3. The summed E-state index contributed by atoms with van der Waals surface area (Å²) < 4.78 is 13.6. The molecule has 2 atom stereocenters. The fourth-order valence-corrected chi connectivity index (χ4v) is 2.64. The van der Waals surface area contributed by atoms with Gasteiger partial charge in [0, 0.05) is 45.5 Å². The fraction of sp³-hybridized carbons (Fsp3) is 0.571. The van der Waals surface area contributed by atoms with Gasteiger partial charge in [0.25, 0.3) is 0 Å².